The SMILES string of the molecule is CO[C@@H]1C[C@@H](CO)N(C(=O)c2ccc(Cl)c(C(F)(F)F)c2)C1. The van der Waals surface area contributed by atoms with Gasteiger partial charge in [-0.05, 0) is 24.6 Å². The summed E-state index contributed by atoms with van der Waals surface area (Å²) in [5, 5.41) is 8.86. The minimum atomic E-state index is -4.64. The summed E-state index contributed by atoms with van der Waals surface area (Å²) in [7, 11) is 1.48. The Hall–Kier alpha value is -1.31. The molecule has 1 saturated heterocycles. The number of aliphatic hydroxyl groups is 1. The number of nitrogens with zero attached hydrogens (tertiary/aromatic N) is 1. The average molecular weight is 338 g/mol. The van der Waals surface area contributed by atoms with Crippen molar-refractivity contribution < 1.29 is 27.8 Å². The Kier molecular flexibility index (Phi) is 4.99. The summed E-state index contributed by atoms with van der Waals surface area (Å²) in [6, 6.07) is 2.56. The van der Waals surface area contributed by atoms with Crippen LogP contribution in [0.5, 0.6) is 0 Å². The molecule has 122 valence electrons. The van der Waals surface area contributed by atoms with E-state index in [0.29, 0.717) is 6.42 Å². The molecule has 0 aromatic heterocycles. The van der Waals surface area contributed by atoms with Crippen molar-refractivity contribution in [3.63, 3.8) is 0 Å². The molecule has 4 nitrogen and oxygen atoms in total. The molecule has 0 radical (unpaired) electrons. The van der Waals surface area contributed by atoms with Gasteiger partial charge in [0.2, 0.25) is 0 Å². The lowest BCUT2D eigenvalue weighted by atomic mass is 10.1. The summed E-state index contributed by atoms with van der Waals surface area (Å²) in [4.78, 5) is 13.7. The first-order valence-electron chi connectivity index (χ1n) is 6.59. The third-order valence-corrected chi connectivity index (χ3v) is 4.03. The number of likely N-dealkylation sites (tertiary alicyclic amines) is 1. The van der Waals surface area contributed by atoms with Gasteiger partial charge in [-0.3, -0.25) is 4.79 Å². The number of hydrogen-bond donors (Lipinski definition) is 1. The largest absolute Gasteiger partial charge is 0.417 e. The second kappa shape index (κ2) is 6.44. The van der Waals surface area contributed by atoms with Gasteiger partial charge in [0.05, 0.1) is 29.3 Å². The average Bonchev–Trinajstić information content (AvgIpc) is 2.89. The number of amides is 1. The number of hydrogen-bond acceptors (Lipinski definition) is 3. The van der Waals surface area contributed by atoms with Crippen molar-refractivity contribution in [1.82, 2.24) is 4.90 Å². The summed E-state index contributed by atoms with van der Waals surface area (Å²) in [6.45, 7) is -0.0458. The van der Waals surface area contributed by atoms with Crippen LogP contribution >= 0.6 is 11.6 Å². The number of carbonyl (C=O) groups is 1. The Balaban J connectivity index is 2.30. The number of benzene rings is 1. The fraction of sp³-hybridized carbons (Fsp3) is 0.500. The highest BCUT2D eigenvalue weighted by Gasteiger charge is 2.37. The van der Waals surface area contributed by atoms with Crippen LogP contribution in [0.4, 0.5) is 13.2 Å². The van der Waals surface area contributed by atoms with Crippen LogP contribution in [0.1, 0.15) is 22.3 Å². The van der Waals surface area contributed by atoms with E-state index in [1.807, 2.05) is 0 Å². The molecule has 1 aromatic carbocycles. The first kappa shape index (κ1) is 17.1. The van der Waals surface area contributed by atoms with Gasteiger partial charge in [-0.2, -0.15) is 13.2 Å². The molecule has 1 fully saturated rings. The first-order chi connectivity index (χ1) is 10.3. The van der Waals surface area contributed by atoms with E-state index in [1.165, 1.54) is 18.1 Å². The number of halogens is 4. The van der Waals surface area contributed by atoms with Gasteiger partial charge in [0.1, 0.15) is 0 Å². The minimum Gasteiger partial charge on any atom is -0.394 e. The molecule has 0 unspecified atom stereocenters. The molecule has 1 aliphatic heterocycles. The summed E-state index contributed by atoms with van der Waals surface area (Å²) in [5.74, 6) is -0.583. The summed E-state index contributed by atoms with van der Waals surface area (Å²) in [5.41, 5.74) is -1.17. The zero-order valence-electron chi connectivity index (χ0n) is 11.7. The Morgan fingerprint density at radius 1 is 1.50 bits per heavy atom. The minimum absolute atomic E-state index is 0.119. The van der Waals surface area contributed by atoms with Crippen molar-refractivity contribution in [3.8, 4) is 0 Å². The van der Waals surface area contributed by atoms with E-state index < -0.39 is 28.7 Å². The maximum atomic E-state index is 12.9. The highest BCUT2D eigenvalue weighted by Crippen LogP contribution is 2.35. The molecule has 1 amide bonds. The van der Waals surface area contributed by atoms with Crippen LogP contribution in [0.15, 0.2) is 18.2 Å². The monoisotopic (exact) mass is 337 g/mol. The van der Waals surface area contributed by atoms with Crippen molar-refractivity contribution in [3.05, 3.63) is 34.3 Å². The molecular formula is C14H15ClF3NO3. The third kappa shape index (κ3) is 3.37. The molecule has 1 aliphatic rings. The van der Waals surface area contributed by atoms with Crippen molar-refractivity contribution in [2.45, 2.75) is 24.7 Å². The Bertz CT molecular complexity index is 565. The Morgan fingerprint density at radius 2 is 2.18 bits per heavy atom. The van der Waals surface area contributed by atoms with Crippen LogP contribution in [0.2, 0.25) is 5.02 Å². The quantitative estimate of drug-likeness (QED) is 0.922. The molecule has 0 spiro atoms. The number of rotatable bonds is 3. The maximum absolute atomic E-state index is 12.9. The van der Waals surface area contributed by atoms with E-state index >= 15 is 0 Å². The normalized spacial score (nSPS) is 22.2. The van der Waals surface area contributed by atoms with E-state index in [1.54, 1.807) is 0 Å². The second-order valence-corrected chi connectivity index (χ2v) is 5.49. The van der Waals surface area contributed by atoms with Gasteiger partial charge in [0, 0.05) is 19.2 Å². The fourth-order valence-corrected chi connectivity index (χ4v) is 2.73. The molecule has 1 N–H and O–H groups in total. The smallest absolute Gasteiger partial charge is 0.394 e. The standard InChI is InChI=1S/C14H15ClF3NO3/c1-22-10-5-9(7-20)19(6-10)13(21)8-2-3-12(15)11(4-8)14(16,17)18/h2-4,9-10,20H,5-7H2,1H3/t9-,10+/m0/s1. The van der Waals surface area contributed by atoms with Crippen LogP contribution < -0.4 is 0 Å². The van der Waals surface area contributed by atoms with E-state index in [4.69, 9.17) is 16.3 Å². The molecule has 2 atom stereocenters. The van der Waals surface area contributed by atoms with Crippen LogP contribution in [-0.2, 0) is 10.9 Å². The van der Waals surface area contributed by atoms with Crippen LogP contribution in [0.25, 0.3) is 0 Å². The van der Waals surface area contributed by atoms with E-state index in [2.05, 4.69) is 0 Å². The van der Waals surface area contributed by atoms with Gasteiger partial charge in [-0.1, -0.05) is 11.6 Å². The van der Waals surface area contributed by atoms with E-state index in [0.717, 1.165) is 12.1 Å². The highest BCUT2D eigenvalue weighted by atomic mass is 35.5. The summed E-state index contributed by atoms with van der Waals surface area (Å²) < 4.78 is 43.7. The van der Waals surface area contributed by atoms with Crippen molar-refractivity contribution in [2.75, 3.05) is 20.3 Å². The van der Waals surface area contributed by atoms with Crippen molar-refractivity contribution in [2.24, 2.45) is 0 Å². The van der Waals surface area contributed by atoms with Crippen molar-refractivity contribution in [1.29, 1.82) is 0 Å². The summed E-state index contributed by atoms with van der Waals surface area (Å²) >= 11 is 5.54. The molecule has 0 aliphatic carbocycles. The van der Waals surface area contributed by atoms with Crippen LogP contribution in [0, 0.1) is 0 Å². The lowest BCUT2D eigenvalue weighted by molar-refractivity contribution is -0.137. The van der Waals surface area contributed by atoms with Crippen LogP contribution in [0.3, 0.4) is 0 Å². The molecule has 0 saturated carbocycles. The van der Waals surface area contributed by atoms with Crippen LogP contribution in [-0.4, -0.2) is 48.3 Å². The van der Waals surface area contributed by atoms with Gasteiger partial charge in [-0.15, -0.1) is 0 Å². The van der Waals surface area contributed by atoms with Gasteiger partial charge in [-0.25, -0.2) is 0 Å². The lowest BCUT2D eigenvalue weighted by Crippen LogP contribution is -2.38. The number of aliphatic hydroxyl groups excluding tert-OH is 1. The predicted molar refractivity (Wildman–Crippen MR) is 73.8 cm³/mol. The molecule has 0 bridgehead atoms. The topological polar surface area (TPSA) is 49.8 Å². The number of methoxy groups -OCH3 is 1. The predicted octanol–water partition coefficient (Wildman–Crippen LogP) is 2.58. The van der Waals surface area contributed by atoms with E-state index in [9.17, 15) is 23.1 Å². The fourth-order valence-electron chi connectivity index (χ4n) is 2.51. The zero-order valence-corrected chi connectivity index (χ0v) is 12.5. The number of alkyl halides is 3. The van der Waals surface area contributed by atoms with Gasteiger partial charge < -0.3 is 14.7 Å². The van der Waals surface area contributed by atoms with Crippen molar-refractivity contribution >= 4 is 17.5 Å². The molecule has 1 aromatic rings. The van der Waals surface area contributed by atoms with Gasteiger partial charge >= 0.3 is 6.18 Å². The highest BCUT2D eigenvalue weighted by molar-refractivity contribution is 6.31. The molecule has 1 heterocycles. The molecule has 2 rings (SSSR count). The lowest BCUT2D eigenvalue weighted by Gasteiger charge is -2.23. The van der Waals surface area contributed by atoms with Gasteiger partial charge in [0.15, 0.2) is 0 Å². The zero-order chi connectivity index (χ0) is 16.5. The maximum Gasteiger partial charge on any atom is 0.417 e. The second-order valence-electron chi connectivity index (χ2n) is 5.08. The Labute approximate surface area is 130 Å². The Morgan fingerprint density at radius 3 is 2.73 bits per heavy atom. The molecule has 22 heavy (non-hydrogen) atoms. The van der Waals surface area contributed by atoms with Gasteiger partial charge in [0.25, 0.3) is 5.91 Å². The third-order valence-electron chi connectivity index (χ3n) is 3.70. The number of ether oxygens (including phenoxy) is 1. The summed E-state index contributed by atoms with van der Waals surface area (Å²) in [6.07, 6.45) is -4.43. The van der Waals surface area contributed by atoms with E-state index in [-0.39, 0.29) is 24.8 Å². The number of carbonyl (C=O) groups excluding carboxylic acids is 1. The molecule has 8 heteroatoms. The first-order valence-corrected chi connectivity index (χ1v) is 6.97. The molecular weight excluding hydrogens is 323 g/mol.